The van der Waals surface area contributed by atoms with Gasteiger partial charge in [-0.15, -0.1) is 0 Å². The number of halogens is 3. The summed E-state index contributed by atoms with van der Waals surface area (Å²) in [6.45, 7) is -1.44. The molecule has 0 radical (unpaired) electrons. The molecule has 0 fully saturated rings. The maximum Gasteiger partial charge on any atom is 0.411 e. The number of alkyl halides is 3. The number of benzene rings is 1. The lowest BCUT2D eigenvalue weighted by Gasteiger charge is -2.35. The van der Waals surface area contributed by atoms with E-state index < -0.39 is 24.2 Å². The van der Waals surface area contributed by atoms with E-state index in [9.17, 15) is 23.1 Å². The molecule has 1 heterocycles. The minimum Gasteiger partial charge on any atom is -0.493 e. The van der Waals surface area contributed by atoms with Crippen LogP contribution in [0.2, 0.25) is 0 Å². The number of para-hydroxylation sites is 1. The van der Waals surface area contributed by atoms with Crippen LogP contribution in [0, 0.1) is 0 Å². The van der Waals surface area contributed by atoms with Gasteiger partial charge in [-0.3, -0.25) is 4.79 Å². The third kappa shape index (κ3) is 3.47. The molecule has 0 saturated carbocycles. The van der Waals surface area contributed by atoms with Gasteiger partial charge in [0.2, 0.25) is 0 Å². The second kappa shape index (κ2) is 5.93. The molecular formula is C14H15F3O4. The molecule has 1 unspecified atom stereocenters. The fourth-order valence-corrected chi connectivity index (χ4v) is 2.48. The van der Waals surface area contributed by atoms with Crippen LogP contribution in [-0.2, 0) is 14.9 Å². The zero-order chi connectivity index (χ0) is 15.5. The molecule has 116 valence electrons. The number of hydrogen-bond donors (Lipinski definition) is 1. The Labute approximate surface area is 119 Å². The monoisotopic (exact) mass is 304 g/mol. The van der Waals surface area contributed by atoms with Crippen molar-refractivity contribution < 1.29 is 32.5 Å². The van der Waals surface area contributed by atoms with Crippen LogP contribution in [0.15, 0.2) is 24.3 Å². The first-order chi connectivity index (χ1) is 9.85. The van der Waals surface area contributed by atoms with E-state index >= 15 is 0 Å². The summed E-state index contributed by atoms with van der Waals surface area (Å²) in [6.07, 6.45) is -4.24. The molecule has 1 aliphatic rings. The van der Waals surface area contributed by atoms with E-state index in [-0.39, 0.29) is 26.1 Å². The zero-order valence-electron chi connectivity index (χ0n) is 11.2. The quantitative estimate of drug-likeness (QED) is 0.850. The van der Waals surface area contributed by atoms with Crippen LogP contribution in [0.3, 0.4) is 0 Å². The van der Waals surface area contributed by atoms with Crippen molar-refractivity contribution in [1.82, 2.24) is 0 Å². The Morgan fingerprint density at radius 1 is 1.38 bits per heavy atom. The molecule has 4 nitrogen and oxygen atoms in total. The van der Waals surface area contributed by atoms with E-state index in [0.717, 1.165) is 0 Å². The van der Waals surface area contributed by atoms with Crippen molar-refractivity contribution in [3.05, 3.63) is 29.8 Å². The highest BCUT2D eigenvalue weighted by atomic mass is 19.4. The first-order valence-corrected chi connectivity index (χ1v) is 6.45. The van der Waals surface area contributed by atoms with Crippen LogP contribution in [0.1, 0.15) is 18.4 Å². The summed E-state index contributed by atoms with van der Waals surface area (Å²) >= 11 is 0. The molecule has 1 atom stereocenters. The summed E-state index contributed by atoms with van der Waals surface area (Å²) in [5, 5.41) is 9.56. The maximum absolute atomic E-state index is 12.1. The van der Waals surface area contributed by atoms with Gasteiger partial charge in [0.15, 0.2) is 0 Å². The Morgan fingerprint density at radius 2 is 2.10 bits per heavy atom. The molecule has 0 aromatic heterocycles. The molecule has 0 amide bonds. The number of carboxylic acids is 1. The smallest absolute Gasteiger partial charge is 0.411 e. The average molecular weight is 304 g/mol. The van der Waals surface area contributed by atoms with E-state index in [2.05, 4.69) is 4.74 Å². The van der Waals surface area contributed by atoms with Gasteiger partial charge >= 0.3 is 12.1 Å². The number of rotatable bonds is 5. The Bertz CT molecular complexity index is 515. The van der Waals surface area contributed by atoms with Gasteiger partial charge in [0.25, 0.3) is 0 Å². The summed E-state index contributed by atoms with van der Waals surface area (Å²) in [4.78, 5) is 11.7. The SMILES string of the molecule is O=C(O)C1(CCOCC(F)(F)F)CCOc2ccccc21. The van der Waals surface area contributed by atoms with E-state index in [1.165, 1.54) is 0 Å². The van der Waals surface area contributed by atoms with Crippen molar-refractivity contribution >= 4 is 5.97 Å². The molecule has 1 aromatic rings. The molecule has 0 bridgehead atoms. The van der Waals surface area contributed by atoms with Crippen LogP contribution in [-0.4, -0.2) is 37.1 Å². The predicted octanol–water partition coefficient (Wildman–Crippen LogP) is 2.76. The standard InChI is InChI=1S/C14H15F3O4/c15-14(16,17)9-20-7-5-13(12(18)19)6-8-21-11-4-2-1-3-10(11)13/h1-4H,5-9H2,(H,18,19). The fraction of sp³-hybridized carbons (Fsp3) is 0.500. The Kier molecular flexibility index (Phi) is 4.41. The molecule has 0 spiro atoms. The van der Waals surface area contributed by atoms with Crippen molar-refractivity contribution in [2.24, 2.45) is 0 Å². The third-order valence-electron chi connectivity index (χ3n) is 3.54. The fourth-order valence-electron chi connectivity index (χ4n) is 2.48. The average Bonchev–Trinajstić information content (AvgIpc) is 2.42. The van der Waals surface area contributed by atoms with Crippen LogP contribution < -0.4 is 4.74 Å². The van der Waals surface area contributed by atoms with Crippen LogP contribution in [0.4, 0.5) is 13.2 Å². The number of hydrogen-bond acceptors (Lipinski definition) is 3. The van der Waals surface area contributed by atoms with Crippen LogP contribution in [0.5, 0.6) is 5.75 Å². The third-order valence-corrected chi connectivity index (χ3v) is 3.54. The molecule has 1 aliphatic heterocycles. The van der Waals surface area contributed by atoms with Crippen molar-refractivity contribution in [2.75, 3.05) is 19.8 Å². The van der Waals surface area contributed by atoms with Gasteiger partial charge in [-0.25, -0.2) is 0 Å². The van der Waals surface area contributed by atoms with Gasteiger partial charge in [-0.1, -0.05) is 18.2 Å². The van der Waals surface area contributed by atoms with Gasteiger partial charge < -0.3 is 14.6 Å². The van der Waals surface area contributed by atoms with Gasteiger partial charge in [-0.05, 0) is 12.5 Å². The van der Waals surface area contributed by atoms with Crippen molar-refractivity contribution in [1.29, 1.82) is 0 Å². The normalized spacial score (nSPS) is 21.5. The van der Waals surface area contributed by atoms with Gasteiger partial charge in [-0.2, -0.15) is 13.2 Å². The molecule has 2 rings (SSSR count). The lowest BCUT2D eigenvalue weighted by atomic mass is 9.73. The molecule has 7 heteroatoms. The highest BCUT2D eigenvalue weighted by Crippen LogP contribution is 2.41. The highest BCUT2D eigenvalue weighted by Gasteiger charge is 2.44. The minimum absolute atomic E-state index is 0.0290. The van der Waals surface area contributed by atoms with Crippen molar-refractivity contribution in [3.63, 3.8) is 0 Å². The Balaban J connectivity index is 2.14. The molecule has 0 saturated heterocycles. The highest BCUT2D eigenvalue weighted by molar-refractivity contribution is 5.83. The molecule has 21 heavy (non-hydrogen) atoms. The van der Waals surface area contributed by atoms with E-state index in [4.69, 9.17) is 4.74 Å². The number of carboxylic acid groups (broad SMARTS) is 1. The molecule has 1 aromatic carbocycles. The first-order valence-electron chi connectivity index (χ1n) is 6.45. The molecular weight excluding hydrogens is 289 g/mol. The number of fused-ring (bicyclic) bond motifs is 1. The molecule has 0 aliphatic carbocycles. The predicted molar refractivity (Wildman–Crippen MR) is 67.4 cm³/mol. The Morgan fingerprint density at radius 3 is 2.76 bits per heavy atom. The topological polar surface area (TPSA) is 55.8 Å². The minimum atomic E-state index is -4.41. The lowest BCUT2D eigenvalue weighted by molar-refractivity contribution is -0.175. The van der Waals surface area contributed by atoms with E-state index in [1.54, 1.807) is 24.3 Å². The summed E-state index contributed by atoms with van der Waals surface area (Å²) in [5.74, 6) is -0.615. The number of aliphatic carboxylic acids is 1. The summed E-state index contributed by atoms with van der Waals surface area (Å²) < 4.78 is 46.1. The van der Waals surface area contributed by atoms with Gasteiger partial charge in [0, 0.05) is 18.6 Å². The maximum atomic E-state index is 12.1. The largest absolute Gasteiger partial charge is 0.493 e. The molecule has 1 N–H and O–H groups in total. The summed E-state index contributed by atoms with van der Waals surface area (Å²) in [7, 11) is 0. The summed E-state index contributed by atoms with van der Waals surface area (Å²) in [5.41, 5.74) is -0.778. The second-order valence-corrected chi connectivity index (χ2v) is 4.90. The van der Waals surface area contributed by atoms with Crippen LogP contribution in [0.25, 0.3) is 0 Å². The van der Waals surface area contributed by atoms with E-state index in [0.29, 0.717) is 11.3 Å². The number of ether oxygens (including phenoxy) is 2. The second-order valence-electron chi connectivity index (χ2n) is 4.90. The van der Waals surface area contributed by atoms with Crippen molar-refractivity contribution in [3.8, 4) is 5.75 Å². The Hall–Kier alpha value is -1.76. The number of carbonyl (C=O) groups is 1. The van der Waals surface area contributed by atoms with Gasteiger partial charge in [0.1, 0.15) is 17.8 Å². The van der Waals surface area contributed by atoms with E-state index in [1.807, 2.05) is 0 Å². The van der Waals surface area contributed by atoms with Gasteiger partial charge in [0.05, 0.1) is 6.61 Å². The van der Waals surface area contributed by atoms with Crippen molar-refractivity contribution in [2.45, 2.75) is 24.4 Å². The zero-order valence-corrected chi connectivity index (χ0v) is 11.2. The van der Waals surface area contributed by atoms with Crippen LogP contribution >= 0.6 is 0 Å². The lowest BCUT2D eigenvalue weighted by Crippen LogP contribution is -2.41. The summed E-state index contributed by atoms with van der Waals surface area (Å²) in [6, 6.07) is 6.69. The first kappa shape index (κ1) is 15.6.